The Hall–Kier alpha value is -3.35. The highest BCUT2D eigenvalue weighted by Gasteiger charge is 2.31. The van der Waals surface area contributed by atoms with Gasteiger partial charge in [-0.15, -0.1) is 0 Å². The first-order valence-electron chi connectivity index (χ1n) is 6.39. The molecule has 0 bridgehead atoms. The lowest BCUT2D eigenvalue weighted by Crippen LogP contribution is -2.32. The van der Waals surface area contributed by atoms with Crippen LogP contribution < -0.4 is 4.90 Å². The van der Waals surface area contributed by atoms with Crippen molar-refractivity contribution in [2.24, 2.45) is 4.99 Å². The summed E-state index contributed by atoms with van der Waals surface area (Å²) in [6.07, 6.45) is 0. The zero-order valence-electron chi connectivity index (χ0n) is 11.3. The maximum atomic E-state index is 12.0. The third-order valence-electron chi connectivity index (χ3n) is 3.21. The molecule has 7 nitrogen and oxygen atoms in total. The average molecular weight is 294 g/mol. The van der Waals surface area contributed by atoms with Crippen LogP contribution >= 0.6 is 0 Å². The fraction of sp³-hybridized carbons (Fsp3) is 0. The van der Waals surface area contributed by atoms with Gasteiger partial charge in [0.2, 0.25) is 0 Å². The van der Waals surface area contributed by atoms with Crippen LogP contribution in [0.1, 0.15) is 5.56 Å². The van der Waals surface area contributed by atoms with Crippen LogP contribution in [0, 0.1) is 15.5 Å². The van der Waals surface area contributed by atoms with Crippen LogP contribution in [-0.4, -0.2) is 22.5 Å². The Morgan fingerprint density at radius 1 is 1.05 bits per heavy atom. The van der Waals surface area contributed by atoms with E-state index in [1.807, 2.05) is 6.07 Å². The standard InChI is InChI=1S/C15H10N4O3/c16-14-13(10-6-8-12(9-7-10)19(21)22)17-15(20)18(14)11-4-2-1-3-5-11/h1-9,16H. The number of amides is 2. The highest BCUT2D eigenvalue weighted by molar-refractivity contribution is 6.59. The molecule has 0 atom stereocenters. The Balaban J connectivity index is 1.93. The highest BCUT2D eigenvalue weighted by atomic mass is 16.6. The van der Waals surface area contributed by atoms with Crippen molar-refractivity contribution in [3.63, 3.8) is 0 Å². The van der Waals surface area contributed by atoms with Crippen molar-refractivity contribution < 1.29 is 9.72 Å². The summed E-state index contributed by atoms with van der Waals surface area (Å²) in [7, 11) is 0. The van der Waals surface area contributed by atoms with Gasteiger partial charge in [0.05, 0.1) is 10.6 Å². The highest BCUT2D eigenvalue weighted by Crippen LogP contribution is 2.22. The van der Waals surface area contributed by atoms with E-state index in [0.717, 1.165) is 0 Å². The van der Waals surface area contributed by atoms with Crippen molar-refractivity contribution in [2.45, 2.75) is 0 Å². The molecule has 0 fully saturated rings. The monoisotopic (exact) mass is 294 g/mol. The molecule has 2 aromatic carbocycles. The fourth-order valence-electron chi connectivity index (χ4n) is 2.16. The normalized spacial score (nSPS) is 14.2. The van der Waals surface area contributed by atoms with Gasteiger partial charge in [0, 0.05) is 17.7 Å². The summed E-state index contributed by atoms with van der Waals surface area (Å²) in [6, 6.07) is 13.8. The van der Waals surface area contributed by atoms with E-state index in [4.69, 9.17) is 5.41 Å². The summed E-state index contributed by atoms with van der Waals surface area (Å²) in [5, 5.41) is 18.8. The van der Waals surface area contributed by atoms with E-state index in [9.17, 15) is 14.9 Å². The van der Waals surface area contributed by atoms with Crippen molar-refractivity contribution in [3.8, 4) is 0 Å². The van der Waals surface area contributed by atoms with Gasteiger partial charge in [0.15, 0.2) is 5.84 Å². The second-order valence-electron chi connectivity index (χ2n) is 4.57. The lowest BCUT2D eigenvalue weighted by atomic mass is 10.1. The number of nitro benzene ring substituents is 1. The predicted molar refractivity (Wildman–Crippen MR) is 81.7 cm³/mol. The summed E-state index contributed by atoms with van der Waals surface area (Å²) in [4.78, 5) is 27.3. The molecule has 0 radical (unpaired) electrons. The van der Waals surface area contributed by atoms with Crippen LogP contribution in [0.3, 0.4) is 0 Å². The Kier molecular flexibility index (Phi) is 3.23. The van der Waals surface area contributed by atoms with Gasteiger partial charge in [-0.05, 0) is 24.3 Å². The molecule has 0 aromatic heterocycles. The van der Waals surface area contributed by atoms with E-state index in [1.54, 1.807) is 24.3 Å². The summed E-state index contributed by atoms with van der Waals surface area (Å²) < 4.78 is 0. The minimum atomic E-state index is -0.551. The number of rotatable bonds is 3. The third-order valence-corrected chi connectivity index (χ3v) is 3.21. The van der Waals surface area contributed by atoms with Crippen molar-refractivity contribution in [1.82, 2.24) is 0 Å². The molecule has 2 amide bonds. The van der Waals surface area contributed by atoms with E-state index < -0.39 is 11.0 Å². The lowest BCUT2D eigenvalue weighted by Gasteiger charge is -2.15. The number of non-ortho nitro benzene ring substituents is 1. The number of hydrogen-bond donors (Lipinski definition) is 1. The van der Waals surface area contributed by atoms with Crippen LogP contribution in [0.5, 0.6) is 0 Å². The predicted octanol–water partition coefficient (Wildman–Crippen LogP) is 3.00. The molecule has 0 aliphatic carbocycles. The number of urea groups is 1. The second-order valence-corrected chi connectivity index (χ2v) is 4.57. The number of carbonyl (C=O) groups excluding carboxylic acids is 1. The molecule has 2 aromatic rings. The lowest BCUT2D eigenvalue weighted by molar-refractivity contribution is -0.384. The van der Waals surface area contributed by atoms with Gasteiger partial charge >= 0.3 is 6.03 Å². The zero-order valence-corrected chi connectivity index (χ0v) is 11.3. The zero-order chi connectivity index (χ0) is 15.7. The Morgan fingerprint density at radius 2 is 1.68 bits per heavy atom. The fourth-order valence-corrected chi connectivity index (χ4v) is 2.16. The number of nitro groups is 1. The number of benzene rings is 2. The maximum absolute atomic E-state index is 12.0. The number of para-hydroxylation sites is 1. The number of carbonyl (C=O) groups is 1. The van der Waals surface area contributed by atoms with E-state index in [2.05, 4.69) is 4.99 Å². The molecule has 1 aliphatic heterocycles. The first kappa shape index (κ1) is 13.6. The molecule has 3 rings (SSSR count). The number of aliphatic imine (C=N–C) groups is 1. The molecule has 0 saturated carbocycles. The third kappa shape index (κ3) is 2.24. The van der Waals surface area contributed by atoms with Crippen molar-refractivity contribution >= 4 is 29.0 Å². The quantitative estimate of drug-likeness (QED) is 0.695. The summed E-state index contributed by atoms with van der Waals surface area (Å²) in [5.74, 6) is -0.0509. The molecule has 108 valence electrons. The van der Waals surface area contributed by atoms with Gasteiger partial charge in [-0.1, -0.05) is 18.2 Å². The number of nitrogens with zero attached hydrogens (tertiary/aromatic N) is 3. The van der Waals surface area contributed by atoms with E-state index in [1.165, 1.54) is 29.2 Å². The van der Waals surface area contributed by atoms with Crippen LogP contribution in [0.25, 0.3) is 0 Å². The summed E-state index contributed by atoms with van der Waals surface area (Å²) in [5.41, 5.74) is 1.18. The van der Waals surface area contributed by atoms with Crippen molar-refractivity contribution in [1.29, 1.82) is 5.41 Å². The van der Waals surface area contributed by atoms with Gasteiger partial charge in [-0.3, -0.25) is 15.5 Å². The van der Waals surface area contributed by atoms with Crippen LogP contribution in [0.4, 0.5) is 16.2 Å². The van der Waals surface area contributed by atoms with Gasteiger partial charge in [-0.25, -0.2) is 9.69 Å². The van der Waals surface area contributed by atoms with Crippen LogP contribution in [0.2, 0.25) is 0 Å². The summed E-state index contributed by atoms with van der Waals surface area (Å²) >= 11 is 0. The number of amidine groups is 1. The molecule has 7 heteroatoms. The number of nitrogens with one attached hydrogen (secondary N) is 1. The van der Waals surface area contributed by atoms with Gasteiger partial charge in [0.25, 0.3) is 5.69 Å². The van der Waals surface area contributed by atoms with Gasteiger partial charge in [-0.2, -0.15) is 4.99 Å². The molecular formula is C15H10N4O3. The van der Waals surface area contributed by atoms with Gasteiger partial charge in [0.1, 0.15) is 5.71 Å². The largest absolute Gasteiger partial charge is 0.354 e. The molecular weight excluding hydrogens is 284 g/mol. The van der Waals surface area contributed by atoms with Crippen molar-refractivity contribution in [3.05, 3.63) is 70.3 Å². The van der Waals surface area contributed by atoms with E-state index in [0.29, 0.717) is 11.3 Å². The Labute approximate surface area is 125 Å². The Bertz CT molecular complexity index is 797. The van der Waals surface area contributed by atoms with Crippen LogP contribution in [0.15, 0.2) is 59.6 Å². The minimum absolute atomic E-state index is 0.0509. The smallest absolute Gasteiger partial charge is 0.282 e. The second kappa shape index (κ2) is 5.21. The molecule has 1 heterocycles. The van der Waals surface area contributed by atoms with Crippen LogP contribution in [-0.2, 0) is 0 Å². The molecule has 0 spiro atoms. The topological polar surface area (TPSA) is 99.7 Å². The number of hydrogen-bond acceptors (Lipinski definition) is 4. The average Bonchev–Trinajstić information content (AvgIpc) is 2.83. The molecule has 22 heavy (non-hydrogen) atoms. The SMILES string of the molecule is N=C1C(c2ccc([N+](=O)[O-])cc2)=NC(=O)N1c1ccccc1. The van der Waals surface area contributed by atoms with Gasteiger partial charge < -0.3 is 0 Å². The molecule has 0 unspecified atom stereocenters. The Morgan fingerprint density at radius 3 is 2.27 bits per heavy atom. The van der Waals surface area contributed by atoms with E-state index in [-0.39, 0.29) is 17.2 Å². The number of anilines is 1. The maximum Gasteiger partial charge on any atom is 0.354 e. The van der Waals surface area contributed by atoms with Crippen molar-refractivity contribution in [2.75, 3.05) is 4.90 Å². The molecule has 0 saturated heterocycles. The first-order valence-corrected chi connectivity index (χ1v) is 6.39. The molecule has 1 aliphatic rings. The minimum Gasteiger partial charge on any atom is -0.282 e. The summed E-state index contributed by atoms with van der Waals surface area (Å²) in [6.45, 7) is 0. The first-order chi connectivity index (χ1) is 10.6. The van der Waals surface area contributed by atoms with E-state index >= 15 is 0 Å². The molecule has 1 N–H and O–H groups in total.